The number of fused-ring (bicyclic) bond motifs is 1. The van der Waals surface area contributed by atoms with E-state index in [2.05, 4.69) is 11.6 Å². The Bertz CT molecular complexity index is 613. The van der Waals surface area contributed by atoms with Crippen molar-refractivity contribution in [1.82, 2.24) is 9.88 Å². The van der Waals surface area contributed by atoms with Gasteiger partial charge < -0.3 is 15.6 Å². The number of carbonyl (C=O) groups is 1. The van der Waals surface area contributed by atoms with Crippen LogP contribution in [0.2, 0.25) is 0 Å². The van der Waals surface area contributed by atoms with E-state index in [0.717, 1.165) is 10.9 Å². The Morgan fingerprint density at radius 1 is 1.53 bits per heavy atom. The number of hydrogen-bond donors (Lipinski definition) is 2. The standard InChI is InChI=1S/C15H19N3O/c1-4-8-18(10(2)3)15(19)13-9-11-6-5-7-12(16)14(11)17-13/h4-7,9-10,17H,1,8,16H2,2-3H3. The molecule has 1 heterocycles. The van der Waals surface area contributed by atoms with Crippen molar-refractivity contribution < 1.29 is 4.79 Å². The number of benzene rings is 1. The molecule has 0 aliphatic rings. The maximum Gasteiger partial charge on any atom is 0.270 e. The van der Waals surface area contributed by atoms with Crippen LogP contribution in [0.4, 0.5) is 5.69 Å². The summed E-state index contributed by atoms with van der Waals surface area (Å²) in [5, 5.41) is 0.950. The van der Waals surface area contributed by atoms with Crippen molar-refractivity contribution >= 4 is 22.5 Å². The molecule has 0 aliphatic heterocycles. The van der Waals surface area contributed by atoms with Crippen molar-refractivity contribution in [3.63, 3.8) is 0 Å². The first-order valence-electron chi connectivity index (χ1n) is 6.33. The number of aromatic nitrogens is 1. The minimum atomic E-state index is -0.0366. The Hall–Kier alpha value is -2.23. The summed E-state index contributed by atoms with van der Waals surface area (Å²) in [6.07, 6.45) is 1.73. The van der Waals surface area contributed by atoms with Crippen LogP contribution in [-0.2, 0) is 0 Å². The molecule has 3 N–H and O–H groups in total. The number of para-hydroxylation sites is 1. The average molecular weight is 257 g/mol. The number of nitrogens with zero attached hydrogens (tertiary/aromatic N) is 1. The van der Waals surface area contributed by atoms with Crippen LogP contribution in [0.15, 0.2) is 36.9 Å². The molecule has 0 saturated carbocycles. The molecule has 0 radical (unpaired) electrons. The second-order valence-corrected chi connectivity index (χ2v) is 4.83. The third kappa shape index (κ3) is 2.47. The number of hydrogen-bond acceptors (Lipinski definition) is 2. The number of nitrogens with two attached hydrogens (primary N) is 1. The van der Waals surface area contributed by atoms with Gasteiger partial charge in [0.1, 0.15) is 5.69 Å². The largest absolute Gasteiger partial charge is 0.397 e. The van der Waals surface area contributed by atoms with Crippen LogP contribution in [0.5, 0.6) is 0 Å². The Morgan fingerprint density at radius 2 is 2.26 bits per heavy atom. The molecular formula is C15H19N3O. The van der Waals surface area contributed by atoms with Crippen molar-refractivity contribution in [2.24, 2.45) is 0 Å². The van der Waals surface area contributed by atoms with Crippen LogP contribution in [0, 0.1) is 0 Å². The highest BCUT2D eigenvalue weighted by atomic mass is 16.2. The highest BCUT2D eigenvalue weighted by Crippen LogP contribution is 2.22. The van der Waals surface area contributed by atoms with Crippen LogP contribution >= 0.6 is 0 Å². The van der Waals surface area contributed by atoms with E-state index in [1.807, 2.05) is 38.1 Å². The fourth-order valence-electron chi connectivity index (χ4n) is 2.12. The van der Waals surface area contributed by atoms with E-state index in [1.165, 1.54) is 0 Å². The van der Waals surface area contributed by atoms with Crippen molar-refractivity contribution in [3.05, 3.63) is 42.6 Å². The molecule has 0 spiro atoms. The summed E-state index contributed by atoms with van der Waals surface area (Å²) in [4.78, 5) is 17.3. The number of nitrogens with one attached hydrogen (secondary N) is 1. The van der Waals surface area contributed by atoms with Crippen LogP contribution in [0.3, 0.4) is 0 Å². The summed E-state index contributed by atoms with van der Waals surface area (Å²) < 4.78 is 0. The Labute approximate surface area is 112 Å². The number of rotatable bonds is 4. The second-order valence-electron chi connectivity index (χ2n) is 4.83. The molecule has 1 aromatic carbocycles. The lowest BCUT2D eigenvalue weighted by Crippen LogP contribution is -2.37. The molecular weight excluding hydrogens is 238 g/mol. The summed E-state index contributed by atoms with van der Waals surface area (Å²) >= 11 is 0. The van der Waals surface area contributed by atoms with Crippen molar-refractivity contribution in [3.8, 4) is 0 Å². The zero-order valence-electron chi connectivity index (χ0n) is 11.3. The normalized spacial score (nSPS) is 10.9. The second kappa shape index (κ2) is 5.18. The number of H-pyrrole nitrogens is 1. The average Bonchev–Trinajstić information content (AvgIpc) is 2.80. The van der Waals surface area contributed by atoms with Gasteiger partial charge in [0.25, 0.3) is 5.91 Å². The third-order valence-corrected chi connectivity index (χ3v) is 3.13. The molecule has 1 amide bonds. The van der Waals surface area contributed by atoms with E-state index in [0.29, 0.717) is 17.9 Å². The Balaban J connectivity index is 2.40. The van der Waals surface area contributed by atoms with Gasteiger partial charge in [-0.25, -0.2) is 0 Å². The van der Waals surface area contributed by atoms with Gasteiger partial charge in [-0.05, 0) is 26.0 Å². The van der Waals surface area contributed by atoms with Crippen LogP contribution in [-0.4, -0.2) is 28.4 Å². The van der Waals surface area contributed by atoms with E-state index in [-0.39, 0.29) is 11.9 Å². The maximum absolute atomic E-state index is 12.5. The van der Waals surface area contributed by atoms with Crippen LogP contribution in [0.1, 0.15) is 24.3 Å². The van der Waals surface area contributed by atoms with Crippen molar-refractivity contribution in [1.29, 1.82) is 0 Å². The third-order valence-electron chi connectivity index (χ3n) is 3.13. The van der Waals surface area contributed by atoms with E-state index in [1.54, 1.807) is 11.0 Å². The molecule has 0 aliphatic carbocycles. The molecule has 0 unspecified atom stereocenters. The predicted molar refractivity (Wildman–Crippen MR) is 79.1 cm³/mol. The minimum Gasteiger partial charge on any atom is -0.397 e. The van der Waals surface area contributed by atoms with E-state index in [4.69, 9.17) is 5.73 Å². The fraction of sp³-hybridized carbons (Fsp3) is 0.267. The monoisotopic (exact) mass is 257 g/mol. The van der Waals surface area contributed by atoms with Gasteiger partial charge in [0.05, 0.1) is 11.2 Å². The first-order chi connectivity index (χ1) is 9.04. The molecule has 0 saturated heterocycles. The van der Waals surface area contributed by atoms with Gasteiger partial charge in [-0.15, -0.1) is 6.58 Å². The molecule has 100 valence electrons. The lowest BCUT2D eigenvalue weighted by Gasteiger charge is -2.24. The molecule has 4 nitrogen and oxygen atoms in total. The Morgan fingerprint density at radius 3 is 2.84 bits per heavy atom. The highest BCUT2D eigenvalue weighted by molar-refractivity contribution is 6.01. The molecule has 0 bridgehead atoms. The zero-order chi connectivity index (χ0) is 14.0. The number of aromatic amines is 1. The van der Waals surface area contributed by atoms with Crippen LogP contribution in [0.25, 0.3) is 10.9 Å². The SMILES string of the molecule is C=CCN(C(=O)c1cc2cccc(N)c2[nH]1)C(C)C. The Kier molecular flexibility index (Phi) is 3.60. The number of anilines is 1. The zero-order valence-corrected chi connectivity index (χ0v) is 11.3. The van der Waals surface area contributed by atoms with E-state index >= 15 is 0 Å². The van der Waals surface area contributed by atoms with Gasteiger partial charge in [-0.1, -0.05) is 18.2 Å². The number of nitrogen functional groups attached to an aromatic ring is 1. The van der Waals surface area contributed by atoms with Crippen LogP contribution < -0.4 is 5.73 Å². The molecule has 2 rings (SSSR count). The summed E-state index contributed by atoms with van der Waals surface area (Å²) in [7, 11) is 0. The topological polar surface area (TPSA) is 62.1 Å². The quantitative estimate of drug-likeness (QED) is 0.653. The van der Waals surface area contributed by atoms with E-state index < -0.39 is 0 Å². The van der Waals surface area contributed by atoms with Gasteiger partial charge in [0, 0.05) is 18.0 Å². The van der Waals surface area contributed by atoms with Crippen molar-refractivity contribution in [2.75, 3.05) is 12.3 Å². The lowest BCUT2D eigenvalue weighted by atomic mass is 10.2. The molecule has 19 heavy (non-hydrogen) atoms. The molecule has 2 aromatic rings. The predicted octanol–water partition coefficient (Wildman–Crippen LogP) is 2.79. The number of carbonyl (C=O) groups excluding carboxylic acids is 1. The van der Waals surface area contributed by atoms with Gasteiger partial charge in [0.15, 0.2) is 0 Å². The first kappa shape index (κ1) is 13.2. The number of amides is 1. The minimum absolute atomic E-state index is 0.0366. The molecule has 4 heteroatoms. The van der Waals surface area contributed by atoms with Gasteiger partial charge in [-0.3, -0.25) is 4.79 Å². The summed E-state index contributed by atoms with van der Waals surface area (Å²) in [6, 6.07) is 7.59. The maximum atomic E-state index is 12.5. The smallest absolute Gasteiger partial charge is 0.270 e. The van der Waals surface area contributed by atoms with Gasteiger partial charge >= 0.3 is 0 Å². The fourth-order valence-corrected chi connectivity index (χ4v) is 2.12. The molecule has 0 fully saturated rings. The van der Waals surface area contributed by atoms with Gasteiger partial charge in [-0.2, -0.15) is 0 Å². The highest BCUT2D eigenvalue weighted by Gasteiger charge is 2.19. The molecule has 1 aromatic heterocycles. The van der Waals surface area contributed by atoms with Crippen molar-refractivity contribution in [2.45, 2.75) is 19.9 Å². The summed E-state index contributed by atoms with van der Waals surface area (Å²) in [5.41, 5.74) is 7.91. The molecule has 0 atom stereocenters. The first-order valence-corrected chi connectivity index (χ1v) is 6.33. The van der Waals surface area contributed by atoms with E-state index in [9.17, 15) is 4.79 Å². The summed E-state index contributed by atoms with van der Waals surface area (Å²) in [5.74, 6) is -0.0366. The lowest BCUT2D eigenvalue weighted by molar-refractivity contribution is 0.0724. The van der Waals surface area contributed by atoms with Gasteiger partial charge in [0.2, 0.25) is 0 Å². The summed E-state index contributed by atoms with van der Waals surface area (Å²) in [6.45, 7) is 8.19.